The van der Waals surface area contributed by atoms with E-state index < -0.39 is 11.9 Å². The van der Waals surface area contributed by atoms with E-state index in [4.69, 9.17) is 10.8 Å². The highest BCUT2D eigenvalue weighted by Gasteiger charge is 2.11. The molecule has 20 heavy (non-hydrogen) atoms. The predicted molar refractivity (Wildman–Crippen MR) is 79.4 cm³/mol. The average Bonchev–Trinajstić information content (AvgIpc) is 2.41. The number of carbonyl (C=O) groups is 2. The lowest BCUT2D eigenvalue weighted by Gasteiger charge is -2.25. The first kappa shape index (κ1) is 15.8. The van der Waals surface area contributed by atoms with Crippen molar-refractivity contribution in [1.82, 2.24) is 0 Å². The van der Waals surface area contributed by atoms with Gasteiger partial charge in [-0.25, -0.2) is 4.79 Å². The molecule has 5 nitrogen and oxygen atoms in total. The van der Waals surface area contributed by atoms with Crippen LogP contribution in [-0.4, -0.2) is 30.1 Å². The van der Waals surface area contributed by atoms with E-state index in [0.29, 0.717) is 6.54 Å². The number of primary amides is 1. The van der Waals surface area contributed by atoms with Crippen molar-refractivity contribution in [3.63, 3.8) is 0 Å². The zero-order valence-corrected chi connectivity index (χ0v) is 11.6. The van der Waals surface area contributed by atoms with Crippen LogP contribution in [0.15, 0.2) is 30.3 Å². The Morgan fingerprint density at radius 3 is 2.65 bits per heavy atom. The summed E-state index contributed by atoms with van der Waals surface area (Å²) >= 11 is 0. The van der Waals surface area contributed by atoms with E-state index in [1.807, 2.05) is 29.2 Å². The fourth-order valence-electron chi connectivity index (χ4n) is 1.90. The molecule has 0 heterocycles. The number of aliphatic carboxylic acids is 1. The van der Waals surface area contributed by atoms with Gasteiger partial charge in [-0.2, -0.15) is 0 Å². The molecule has 0 aromatic heterocycles. The third-order valence-corrected chi connectivity index (χ3v) is 2.81. The molecule has 1 rings (SSSR count). The van der Waals surface area contributed by atoms with E-state index in [0.717, 1.165) is 30.2 Å². The lowest BCUT2D eigenvalue weighted by atomic mass is 10.1. The standard InChI is InChI=1S/C15H20N2O3/c1-2-3-10-17(11-14(16)18)13-7-5-4-6-12(13)8-9-15(19)20/h4-9H,2-3,10-11H2,1H3,(H2,16,18)(H,19,20). The fraction of sp³-hybridized carbons (Fsp3) is 0.333. The zero-order valence-electron chi connectivity index (χ0n) is 11.6. The van der Waals surface area contributed by atoms with E-state index in [9.17, 15) is 9.59 Å². The minimum atomic E-state index is -1.00. The van der Waals surface area contributed by atoms with Gasteiger partial charge in [0.25, 0.3) is 0 Å². The van der Waals surface area contributed by atoms with Gasteiger partial charge < -0.3 is 15.7 Å². The van der Waals surface area contributed by atoms with Crippen molar-refractivity contribution in [2.75, 3.05) is 18.0 Å². The van der Waals surface area contributed by atoms with Gasteiger partial charge in [-0.05, 0) is 24.1 Å². The van der Waals surface area contributed by atoms with Gasteiger partial charge in [0, 0.05) is 18.3 Å². The van der Waals surface area contributed by atoms with E-state index in [1.165, 1.54) is 6.08 Å². The summed E-state index contributed by atoms with van der Waals surface area (Å²) in [5.74, 6) is -1.41. The minimum Gasteiger partial charge on any atom is -0.478 e. The molecule has 0 aliphatic carbocycles. The van der Waals surface area contributed by atoms with E-state index in [1.54, 1.807) is 0 Å². The van der Waals surface area contributed by atoms with Crippen molar-refractivity contribution >= 4 is 23.6 Å². The van der Waals surface area contributed by atoms with Crippen LogP contribution in [0.3, 0.4) is 0 Å². The molecule has 5 heteroatoms. The summed E-state index contributed by atoms with van der Waals surface area (Å²) in [6, 6.07) is 7.36. The Morgan fingerprint density at radius 1 is 1.35 bits per heavy atom. The Morgan fingerprint density at radius 2 is 2.05 bits per heavy atom. The molecule has 1 aromatic carbocycles. The van der Waals surface area contributed by atoms with Gasteiger partial charge in [0.15, 0.2) is 0 Å². The summed E-state index contributed by atoms with van der Waals surface area (Å²) in [6.45, 7) is 2.90. The molecule has 0 unspecified atom stereocenters. The molecule has 3 N–H and O–H groups in total. The molecule has 0 fully saturated rings. The van der Waals surface area contributed by atoms with Crippen LogP contribution in [0.2, 0.25) is 0 Å². The van der Waals surface area contributed by atoms with Gasteiger partial charge in [-0.15, -0.1) is 0 Å². The van der Waals surface area contributed by atoms with Crippen LogP contribution < -0.4 is 10.6 Å². The van der Waals surface area contributed by atoms with Gasteiger partial charge in [0.05, 0.1) is 6.54 Å². The highest BCUT2D eigenvalue weighted by atomic mass is 16.4. The van der Waals surface area contributed by atoms with Gasteiger partial charge in [0.2, 0.25) is 5.91 Å². The molecule has 0 atom stereocenters. The second-order valence-electron chi connectivity index (χ2n) is 4.47. The van der Waals surface area contributed by atoms with E-state index in [-0.39, 0.29) is 6.54 Å². The summed E-state index contributed by atoms with van der Waals surface area (Å²) in [5.41, 5.74) is 6.86. The lowest BCUT2D eigenvalue weighted by molar-refractivity contribution is -0.131. The van der Waals surface area contributed by atoms with Crippen molar-refractivity contribution in [3.05, 3.63) is 35.9 Å². The van der Waals surface area contributed by atoms with Crippen LogP contribution in [0.4, 0.5) is 5.69 Å². The van der Waals surface area contributed by atoms with Crippen molar-refractivity contribution in [2.24, 2.45) is 5.73 Å². The maximum absolute atomic E-state index is 11.2. The van der Waals surface area contributed by atoms with Gasteiger partial charge in [-0.3, -0.25) is 4.79 Å². The Bertz CT molecular complexity index is 498. The number of anilines is 1. The maximum Gasteiger partial charge on any atom is 0.328 e. The normalized spacial score (nSPS) is 10.7. The van der Waals surface area contributed by atoms with Crippen LogP contribution in [0.1, 0.15) is 25.3 Å². The number of hydrogen-bond acceptors (Lipinski definition) is 3. The van der Waals surface area contributed by atoms with Crippen LogP contribution in [0.25, 0.3) is 6.08 Å². The van der Waals surface area contributed by atoms with Crippen molar-refractivity contribution in [2.45, 2.75) is 19.8 Å². The summed E-state index contributed by atoms with van der Waals surface area (Å²) in [4.78, 5) is 23.7. The van der Waals surface area contributed by atoms with Crippen LogP contribution in [-0.2, 0) is 9.59 Å². The molecule has 0 bridgehead atoms. The number of carboxylic acids is 1. The third-order valence-electron chi connectivity index (χ3n) is 2.81. The number of unbranched alkanes of at least 4 members (excludes halogenated alkanes) is 1. The van der Waals surface area contributed by atoms with E-state index >= 15 is 0 Å². The molecule has 108 valence electrons. The Balaban J connectivity index is 3.04. The summed E-state index contributed by atoms with van der Waals surface area (Å²) < 4.78 is 0. The second-order valence-corrected chi connectivity index (χ2v) is 4.47. The monoisotopic (exact) mass is 276 g/mol. The SMILES string of the molecule is CCCCN(CC(N)=O)c1ccccc1C=CC(=O)O. The minimum absolute atomic E-state index is 0.123. The molecule has 0 saturated heterocycles. The number of benzene rings is 1. The molecule has 1 aromatic rings. The fourth-order valence-corrected chi connectivity index (χ4v) is 1.90. The molecule has 0 aliphatic heterocycles. The van der Waals surface area contributed by atoms with Crippen molar-refractivity contribution in [1.29, 1.82) is 0 Å². The van der Waals surface area contributed by atoms with Gasteiger partial charge >= 0.3 is 5.97 Å². The lowest BCUT2D eigenvalue weighted by Crippen LogP contribution is -2.34. The molecule has 0 saturated carbocycles. The maximum atomic E-state index is 11.2. The molecule has 1 amide bonds. The number of rotatable bonds is 8. The molecule has 0 aliphatic rings. The smallest absolute Gasteiger partial charge is 0.328 e. The van der Waals surface area contributed by atoms with Crippen LogP contribution in [0, 0.1) is 0 Å². The number of amides is 1. The molecular formula is C15H20N2O3. The first-order chi connectivity index (χ1) is 9.54. The topological polar surface area (TPSA) is 83.6 Å². The number of carbonyl (C=O) groups excluding carboxylic acids is 1. The number of para-hydroxylation sites is 1. The number of hydrogen-bond donors (Lipinski definition) is 2. The quantitative estimate of drug-likeness (QED) is 0.710. The van der Waals surface area contributed by atoms with Gasteiger partial charge in [0.1, 0.15) is 0 Å². The summed E-state index contributed by atoms with van der Waals surface area (Å²) in [6.07, 6.45) is 4.55. The van der Waals surface area contributed by atoms with Crippen molar-refractivity contribution < 1.29 is 14.7 Å². The molecule has 0 spiro atoms. The predicted octanol–water partition coefficient (Wildman–Crippen LogP) is 1.88. The first-order valence-corrected chi connectivity index (χ1v) is 6.58. The summed E-state index contributed by atoms with van der Waals surface area (Å²) in [5, 5.41) is 8.72. The van der Waals surface area contributed by atoms with Crippen LogP contribution >= 0.6 is 0 Å². The number of nitrogens with zero attached hydrogens (tertiary/aromatic N) is 1. The molecular weight excluding hydrogens is 256 g/mol. The van der Waals surface area contributed by atoms with Gasteiger partial charge in [-0.1, -0.05) is 31.5 Å². The summed E-state index contributed by atoms with van der Waals surface area (Å²) in [7, 11) is 0. The highest BCUT2D eigenvalue weighted by molar-refractivity contribution is 5.87. The highest BCUT2D eigenvalue weighted by Crippen LogP contribution is 2.22. The average molecular weight is 276 g/mol. The van der Waals surface area contributed by atoms with Crippen LogP contribution in [0.5, 0.6) is 0 Å². The van der Waals surface area contributed by atoms with Crippen molar-refractivity contribution in [3.8, 4) is 0 Å². The molecule has 0 radical (unpaired) electrons. The Labute approximate surface area is 118 Å². The Hall–Kier alpha value is -2.30. The number of nitrogens with two attached hydrogens (primary N) is 1. The third kappa shape index (κ3) is 5.14. The largest absolute Gasteiger partial charge is 0.478 e. The number of carboxylic acid groups (broad SMARTS) is 1. The van der Waals surface area contributed by atoms with E-state index in [2.05, 4.69) is 6.92 Å². The second kappa shape index (κ2) is 7.99. The Kier molecular flexibility index (Phi) is 6.29. The first-order valence-electron chi connectivity index (χ1n) is 6.58. The zero-order chi connectivity index (χ0) is 15.0.